The molecule has 1 atom stereocenters. The lowest BCUT2D eigenvalue weighted by Gasteiger charge is -2.39. The van der Waals surface area contributed by atoms with Gasteiger partial charge in [0, 0.05) is 38.7 Å². The maximum atomic E-state index is 12.5. The summed E-state index contributed by atoms with van der Waals surface area (Å²) in [6.45, 7) is 5.65. The number of nitrogens with one attached hydrogen (secondary N) is 1. The number of amides is 2. The van der Waals surface area contributed by atoms with E-state index in [1.165, 1.54) is 0 Å². The summed E-state index contributed by atoms with van der Waals surface area (Å²) in [5.41, 5.74) is 1.81. The molecule has 0 saturated carbocycles. The van der Waals surface area contributed by atoms with E-state index in [2.05, 4.69) is 15.4 Å². The van der Waals surface area contributed by atoms with Gasteiger partial charge in [-0.25, -0.2) is 0 Å². The van der Waals surface area contributed by atoms with Crippen LogP contribution in [-0.2, 0) is 16.0 Å². The van der Waals surface area contributed by atoms with Crippen LogP contribution in [-0.4, -0.2) is 66.5 Å². The number of piperazine rings is 1. The van der Waals surface area contributed by atoms with Crippen LogP contribution < -0.4 is 5.32 Å². The van der Waals surface area contributed by atoms with E-state index in [9.17, 15) is 9.59 Å². The van der Waals surface area contributed by atoms with Gasteiger partial charge in [0.15, 0.2) is 0 Å². The van der Waals surface area contributed by atoms with E-state index in [0.717, 1.165) is 23.6 Å². The summed E-state index contributed by atoms with van der Waals surface area (Å²) in [5, 5.41) is 6.55. The van der Waals surface area contributed by atoms with E-state index < -0.39 is 6.04 Å². The number of hydrogen-bond acceptors (Lipinski definition) is 5. The molecule has 2 amide bonds. The van der Waals surface area contributed by atoms with Crippen molar-refractivity contribution in [1.82, 2.24) is 20.3 Å². The third-order valence-electron chi connectivity index (χ3n) is 4.22. The highest BCUT2D eigenvalue weighted by atomic mass is 16.5. The summed E-state index contributed by atoms with van der Waals surface area (Å²) in [7, 11) is 3.56. The lowest BCUT2D eigenvalue weighted by atomic mass is 10.1. The Morgan fingerprint density at radius 1 is 1.36 bits per heavy atom. The molecule has 0 aromatic carbocycles. The summed E-state index contributed by atoms with van der Waals surface area (Å²) < 4.78 is 5.12. The third kappa shape index (κ3) is 3.47. The van der Waals surface area contributed by atoms with Gasteiger partial charge in [-0.3, -0.25) is 9.59 Å². The van der Waals surface area contributed by atoms with Crippen molar-refractivity contribution < 1.29 is 14.1 Å². The average Bonchev–Trinajstić information content (AvgIpc) is 2.82. The maximum absolute atomic E-state index is 12.5. The van der Waals surface area contributed by atoms with Gasteiger partial charge in [-0.15, -0.1) is 0 Å². The molecule has 7 heteroatoms. The van der Waals surface area contributed by atoms with Gasteiger partial charge in [-0.2, -0.15) is 0 Å². The molecule has 0 bridgehead atoms. The smallest absolute Gasteiger partial charge is 0.243 e. The summed E-state index contributed by atoms with van der Waals surface area (Å²) >= 11 is 0. The molecule has 22 heavy (non-hydrogen) atoms. The molecule has 1 fully saturated rings. The van der Waals surface area contributed by atoms with Crippen molar-refractivity contribution in [2.24, 2.45) is 0 Å². The van der Waals surface area contributed by atoms with Gasteiger partial charge in [-0.05, 0) is 27.3 Å². The molecular weight excluding hydrogens is 284 g/mol. The SMILES string of the molecule is CNC(=O)C1CN(C)CCN1C(=O)CCc1c(C)noc1C. The zero-order chi connectivity index (χ0) is 16.3. The Morgan fingerprint density at radius 2 is 2.09 bits per heavy atom. The van der Waals surface area contributed by atoms with Gasteiger partial charge in [0.25, 0.3) is 0 Å². The topological polar surface area (TPSA) is 78.7 Å². The van der Waals surface area contributed by atoms with Crippen molar-refractivity contribution in [1.29, 1.82) is 0 Å². The van der Waals surface area contributed by atoms with Crippen LogP contribution in [0.2, 0.25) is 0 Å². The summed E-state index contributed by atoms with van der Waals surface area (Å²) in [6.07, 6.45) is 0.951. The highest BCUT2D eigenvalue weighted by Gasteiger charge is 2.33. The number of nitrogens with zero attached hydrogens (tertiary/aromatic N) is 3. The van der Waals surface area contributed by atoms with Gasteiger partial charge in [-0.1, -0.05) is 5.16 Å². The van der Waals surface area contributed by atoms with Crippen molar-refractivity contribution in [2.75, 3.05) is 33.7 Å². The number of likely N-dealkylation sites (N-methyl/N-ethyl adjacent to an activating group) is 2. The molecule has 0 aliphatic carbocycles. The Bertz CT molecular complexity index is 535. The first kappa shape index (κ1) is 16.5. The minimum absolute atomic E-state index is 0.00157. The van der Waals surface area contributed by atoms with Crippen LogP contribution in [0.25, 0.3) is 0 Å². The van der Waals surface area contributed by atoms with E-state index in [4.69, 9.17) is 4.52 Å². The first-order valence-corrected chi connectivity index (χ1v) is 7.55. The number of carbonyl (C=O) groups excluding carboxylic acids is 2. The monoisotopic (exact) mass is 308 g/mol. The molecule has 2 heterocycles. The van der Waals surface area contributed by atoms with Crippen LogP contribution in [0.3, 0.4) is 0 Å². The Morgan fingerprint density at radius 3 is 2.68 bits per heavy atom. The predicted octanol–water partition coefficient (Wildman–Crippen LogP) is 0.113. The molecule has 0 spiro atoms. The molecular formula is C15H24N4O3. The van der Waals surface area contributed by atoms with E-state index >= 15 is 0 Å². The predicted molar refractivity (Wildman–Crippen MR) is 81.4 cm³/mol. The Kier molecular flexibility index (Phi) is 5.18. The number of hydrogen-bond donors (Lipinski definition) is 1. The second kappa shape index (κ2) is 6.91. The first-order chi connectivity index (χ1) is 10.4. The highest BCUT2D eigenvalue weighted by molar-refractivity contribution is 5.88. The lowest BCUT2D eigenvalue weighted by Crippen LogP contribution is -2.59. The Hall–Kier alpha value is -1.89. The number of carbonyl (C=O) groups is 2. The standard InChI is InChI=1S/C15H24N4O3/c1-10-12(11(2)22-17-10)5-6-14(20)19-8-7-18(4)9-13(19)15(21)16-3/h13H,5-9H2,1-4H3,(H,16,21). The molecule has 1 saturated heterocycles. The van der Waals surface area contributed by atoms with Crippen molar-refractivity contribution >= 4 is 11.8 Å². The molecule has 1 aromatic heterocycles. The van der Waals surface area contributed by atoms with Crippen molar-refractivity contribution in [2.45, 2.75) is 32.7 Å². The second-order valence-electron chi connectivity index (χ2n) is 5.78. The van der Waals surface area contributed by atoms with Crippen LogP contribution in [0.15, 0.2) is 4.52 Å². The van der Waals surface area contributed by atoms with Crippen LogP contribution in [0.5, 0.6) is 0 Å². The molecule has 1 N–H and O–H groups in total. The third-order valence-corrected chi connectivity index (χ3v) is 4.22. The number of rotatable bonds is 4. The first-order valence-electron chi connectivity index (χ1n) is 7.55. The van der Waals surface area contributed by atoms with E-state index in [-0.39, 0.29) is 11.8 Å². The molecule has 1 aliphatic rings. The maximum Gasteiger partial charge on any atom is 0.243 e. The highest BCUT2D eigenvalue weighted by Crippen LogP contribution is 2.17. The normalized spacial score (nSPS) is 19.3. The quantitative estimate of drug-likeness (QED) is 0.854. The van der Waals surface area contributed by atoms with E-state index in [0.29, 0.717) is 25.9 Å². The minimum Gasteiger partial charge on any atom is -0.361 e. The molecule has 7 nitrogen and oxygen atoms in total. The molecule has 2 rings (SSSR count). The molecule has 1 unspecified atom stereocenters. The summed E-state index contributed by atoms with van der Waals surface area (Å²) in [4.78, 5) is 28.3. The van der Waals surface area contributed by atoms with Crippen LogP contribution in [0.1, 0.15) is 23.4 Å². The minimum atomic E-state index is -0.416. The van der Waals surface area contributed by atoms with Crippen molar-refractivity contribution in [3.05, 3.63) is 17.0 Å². The summed E-state index contributed by atoms with van der Waals surface area (Å²) in [5.74, 6) is 0.644. The van der Waals surface area contributed by atoms with Gasteiger partial charge in [0.2, 0.25) is 11.8 Å². The average molecular weight is 308 g/mol. The molecule has 122 valence electrons. The fourth-order valence-corrected chi connectivity index (χ4v) is 2.84. The number of aromatic nitrogens is 1. The van der Waals surface area contributed by atoms with Crippen LogP contribution in [0.4, 0.5) is 0 Å². The van der Waals surface area contributed by atoms with Gasteiger partial charge in [0.1, 0.15) is 11.8 Å². The van der Waals surface area contributed by atoms with Gasteiger partial charge < -0.3 is 19.6 Å². The van der Waals surface area contributed by atoms with Crippen LogP contribution >= 0.6 is 0 Å². The zero-order valence-corrected chi connectivity index (χ0v) is 13.7. The molecule has 0 radical (unpaired) electrons. The van der Waals surface area contributed by atoms with E-state index in [1.807, 2.05) is 20.9 Å². The van der Waals surface area contributed by atoms with Crippen molar-refractivity contribution in [3.63, 3.8) is 0 Å². The number of aryl methyl sites for hydroxylation is 2. The van der Waals surface area contributed by atoms with Gasteiger partial charge >= 0.3 is 0 Å². The molecule has 1 aliphatic heterocycles. The zero-order valence-electron chi connectivity index (χ0n) is 13.7. The van der Waals surface area contributed by atoms with Crippen molar-refractivity contribution in [3.8, 4) is 0 Å². The lowest BCUT2D eigenvalue weighted by molar-refractivity contribution is -0.143. The van der Waals surface area contributed by atoms with Crippen LogP contribution in [0, 0.1) is 13.8 Å². The van der Waals surface area contributed by atoms with Gasteiger partial charge in [0.05, 0.1) is 5.69 Å². The fraction of sp³-hybridized carbons (Fsp3) is 0.667. The van der Waals surface area contributed by atoms with E-state index in [1.54, 1.807) is 11.9 Å². The molecule has 1 aromatic rings. The Labute approximate surface area is 130 Å². The largest absolute Gasteiger partial charge is 0.361 e. The fourth-order valence-electron chi connectivity index (χ4n) is 2.84. The second-order valence-corrected chi connectivity index (χ2v) is 5.78. The Balaban J connectivity index is 2.02. The summed E-state index contributed by atoms with van der Waals surface area (Å²) in [6, 6.07) is -0.416.